The summed E-state index contributed by atoms with van der Waals surface area (Å²) < 4.78 is 0. The first-order chi connectivity index (χ1) is 10.5. The molecule has 22 heavy (non-hydrogen) atoms. The Labute approximate surface area is 131 Å². The number of rotatable bonds is 1. The highest BCUT2D eigenvalue weighted by molar-refractivity contribution is 5.83. The Hall–Kier alpha value is -1.18. The smallest absolute Gasteiger partial charge is 0.234 e. The van der Waals surface area contributed by atoms with E-state index < -0.39 is 0 Å². The van der Waals surface area contributed by atoms with E-state index >= 15 is 0 Å². The SMILES string of the molecule is CNC(=O)C1CC2C(=O)N3CCCC(C)C3NC2[NH+](C)C1N. The van der Waals surface area contributed by atoms with Crippen LogP contribution in [0.1, 0.15) is 26.2 Å². The molecule has 7 nitrogen and oxygen atoms in total. The van der Waals surface area contributed by atoms with Gasteiger partial charge >= 0.3 is 0 Å². The minimum Gasteiger partial charge on any atom is -0.359 e. The van der Waals surface area contributed by atoms with E-state index in [1.165, 1.54) is 0 Å². The van der Waals surface area contributed by atoms with Crippen LogP contribution in [0.5, 0.6) is 0 Å². The first kappa shape index (κ1) is 15.7. The van der Waals surface area contributed by atoms with E-state index in [1.807, 2.05) is 11.9 Å². The van der Waals surface area contributed by atoms with Gasteiger partial charge in [-0.1, -0.05) is 6.92 Å². The van der Waals surface area contributed by atoms with Crippen molar-refractivity contribution in [2.24, 2.45) is 23.5 Å². The van der Waals surface area contributed by atoms with Crippen molar-refractivity contribution >= 4 is 11.8 Å². The second-order valence-corrected chi connectivity index (χ2v) is 7.07. The maximum Gasteiger partial charge on any atom is 0.234 e. The zero-order chi connectivity index (χ0) is 16.0. The molecule has 0 spiro atoms. The van der Waals surface area contributed by atoms with Crippen molar-refractivity contribution in [1.29, 1.82) is 0 Å². The van der Waals surface area contributed by atoms with Gasteiger partial charge in [0.25, 0.3) is 0 Å². The third kappa shape index (κ3) is 2.31. The molecule has 0 aliphatic carbocycles. The van der Waals surface area contributed by atoms with E-state index in [1.54, 1.807) is 7.05 Å². The highest BCUT2D eigenvalue weighted by Crippen LogP contribution is 2.31. The van der Waals surface area contributed by atoms with Gasteiger partial charge in [-0.05, 0) is 25.2 Å². The molecule has 5 N–H and O–H groups in total. The predicted octanol–water partition coefficient (Wildman–Crippen LogP) is -2.32. The maximum atomic E-state index is 12.9. The van der Waals surface area contributed by atoms with Crippen molar-refractivity contribution in [3.63, 3.8) is 0 Å². The summed E-state index contributed by atoms with van der Waals surface area (Å²) in [7, 11) is 3.61. The van der Waals surface area contributed by atoms with Gasteiger partial charge in [-0.25, -0.2) is 5.32 Å². The molecular weight excluding hydrogens is 282 g/mol. The average molecular weight is 310 g/mol. The molecule has 7 atom stereocenters. The lowest BCUT2D eigenvalue weighted by atomic mass is 9.80. The molecular formula is C15H28N5O2+. The highest BCUT2D eigenvalue weighted by Gasteiger charge is 2.54. The summed E-state index contributed by atoms with van der Waals surface area (Å²) in [5.41, 5.74) is 6.29. The van der Waals surface area contributed by atoms with Crippen LogP contribution in [0, 0.1) is 17.8 Å². The second kappa shape index (κ2) is 5.79. The fourth-order valence-corrected chi connectivity index (χ4v) is 4.43. The van der Waals surface area contributed by atoms with Crippen LogP contribution in [0.25, 0.3) is 0 Å². The summed E-state index contributed by atoms with van der Waals surface area (Å²) in [6.45, 7) is 3.02. The zero-order valence-corrected chi connectivity index (χ0v) is 13.6. The lowest BCUT2D eigenvalue weighted by Gasteiger charge is -2.53. The molecule has 0 aromatic rings. The van der Waals surface area contributed by atoms with Crippen molar-refractivity contribution < 1.29 is 14.5 Å². The van der Waals surface area contributed by atoms with Crippen molar-refractivity contribution in [1.82, 2.24) is 15.5 Å². The number of piperidine rings is 2. The van der Waals surface area contributed by atoms with Gasteiger partial charge in [-0.3, -0.25) is 15.3 Å². The lowest BCUT2D eigenvalue weighted by molar-refractivity contribution is -0.947. The van der Waals surface area contributed by atoms with Crippen molar-refractivity contribution in [2.45, 2.75) is 44.7 Å². The monoisotopic (exact) mass is 310 g/mol. The van der Waals surface area contributed by atoms with Gasteiger partial charge in [0.15, 0.2) is 12.3 Å². The van der Waals surface area contributed by atoms with Gasteiger partial charge in [-0.15, -0.1) is 0 Å². The fourth-order valence-electron chi connectivity index (χ4n) is 4.43. The summed E-state index contributed by atoms with van der Waals surface area (Å²) in [6.07, 6.45) is 2.57. The van der Waals surface area contributed by atoms with Gasteiger partial charge in [0.2, 0.25) is 11.8 Å². The van der Waals surface area contributed by atoms with Crippen molar-refractivity contribution in [2.75, 3.05) is 20.6 Å². The summed E-state index contributed by atoms with van der Waals surface area (Å²) >= 11 is 0. The van der Waals surface area contributed by atoms with E-state index in [0.717, 1.165) is 24.3 Å². The number of amides is 2. The Bertz CT molecular complexity index is 471. The predicted molar refractivity (Wildman–Crippen MR) is 81.3 cm³/mol. The zero-order valence-electron chi connectivity index (χ0n) is 13.6. The first-order valence-electron chi connectivity index (χ1n) is 8.32. The molecule has 3 saturated heterocycles. The van der Waals surface area contributed by atoms with E-state index in [9.17, 15) is 9.59 Å². The van der Waals surface area contributed by atoms with Crippen LogP contribution in [0.15, 0.2) is 0 Å². The fraction of sp³-hybridized carbons (Fsp3) is 0.867. The highest BCUT2D eigenvalue weighted by atomic mass is 16.2. The van der Waals surface area contributed by atoms with E-state index in [0.29, 0.717) is 12.3 Å². The van der Waals surface area contributed by atoms with Crippen LogP contribution in [0.4, 0.5) is 0 Å². The molecule has 124 valence electrons. The molecule has 3 rings (SSSR count). The third-order valence-electron chi connectivity index (χ3n) is 5.83. The quantitative estimate of drug-likeness (QED) is 0.438. The van der Waals surface area contributed by atoms with E-state index in [4.69, 9.17) is 5.73 Å². The number of carbonyl (C=O) groups is 2. The summed E-state index contributed by atoms with van der Waals surface area (Å²) in [5, 5.41) is 6.33. The molecule has 3 aliphatic heterocycles. The van der Waals surface area contributed by atoms with Crippen LogP contribution in [0.3, 0.4) is 0 Å². The molecule has 0 radical (unpaired) electrons. The lowest BCUT2D eigenvalue weighted by Crippen LogP contribution is -3.23. The van der Waals surface area contributed by atoms with Crippen LogP contribution in [-0.4, -0.2) is 55.9 Å². The standard InChI is InChI=1S/C15H27N5O2/c1-8-5-4-6-20-12(8)18-13-10(15(20)22)7-9(14(21)17-2)11(16)19(13)3/h8-13,18H,4-7,16H2,1-3H3,(H,17,21)/p+1. The molecule has 0 bridgehead atoms. The summed E-state index contributed by atoms with van der Waals surface area (Å²) in [5.74, 6) is 0.117. The third-order valence-corrected chi connectivity index (χ3v) is 5.83. The molecule has 0 aromatic heterocycles. The van der Waals surface area contributed by atoms with Gasteiger partial charge < -0.3 is 15.1 Å². The minimum absolute atomic E-state index is 0.00482. The Morgan fingerprint density at radius 1 is 1.50 bits per heavy atom. The Morgan fingerprint density at radius 3 is 2.91 bits per heavy atom. The molecule has 3 fully saturated rings. The van der Waals surface area contributed by atoms with E-state index in [-0.39, 0.29) is 42.1 Å². The Balaban J connectivity index is 1.86. The number of hydrogen-bond donors (Lipinski definition) is 4. The van der Waals surface area contributed by atoms with Crippen LogP contribution in [-0.2, 0) is 9.59 Å². The maximum absolute atomic E-state index is 12.9. The molecule has 0 saturated carbocycles. The minimum atomic E-state index is -0.309. The second-order valence-electron chi connectivity index (χ2n) is 7.07. The van der Waals surface area contributed by atoms with Crippen LogP contribution >= 0.6 is 0 Å². The number of hydrogen-bond acceptors (Lipinski definition) is 4. The number of nitrogens with two attached hydrogens (primary N) is 1. The first-order valence-corrected chi connectivity index (χ1v) is 8.32. The molecule has 0 aromatic carbocycles. The molecule has 7 unspecified atom stereocenters. The topological polar surface area (TPSA) is 91.9 Å². The Morgan fingerprint density at radius 2 is 2.23 bits per heavy atom. The van der Waals surface area contributed by atoms with Crippen molar-refractivity contribution in [3.05, 3.63) is 0 Å². The number of nitrogens with zero attached hydrogens (tertiary/aromatic N) is 1. The Kier molecular flexibility index (Phi) is 4.13. The van der Waals surface area contributed by atoms with E-state index in [2.05, 4.69) is 17.6 Å². The number of fused-ring (bicyclic) bond motifs is 2. The largest absolute Gasteiger partial charge is 0.359 e. The number of quaternary nitrogens is 1. The number of likely N-dealkylation sites (tertiary alicyclic amines) is 1. The van der Waals surface area contributed by atoms with Crippen LogP contribution < -0.4 is 21.3 Å². The van der Waals surface area contributed by atoms with Gasteiger partial charge in [0.05, 0.1) is 13.2 Å². The summed E-state index contributed by atoms with van der Waals surface area (Å²) in [4.78, 5) is 28.1. The summed E-state index contributed by atoms with van der Waals surface area (Å²) in [6, 6.07) is 0. The van der Waals surface area contributed by atoms with Gasteiger partial charge in [0, 0.05) is 13.6 Å². The molecule has 7 heteroatoms. The molecule has 2 amide bonds. The normalized spacial score (nSPS) is 45.0. The molecule has 3 aliphatic rings. The van der Waals surface area contributed by atoms with Crippen LogP contribution in [0.2, 0.25) is 0 Å². The number of carbonyl (C=O) groups excluding carboxylic acids is 2. The van der Waals surface area contributed by atoms with Gasteiger partial charge in [-0.2, -0.15) is 0 Å². The van der Waals surface area contributed by atoms with Crippen molar-refractivity contribution in [3.8, 4) is 0 Å². The van der Waals surface area contributed by atoms with Gasteiger partial charge in [0.1, 0.15) is 11.8 Å². The molecule has 3 heterocycles. The number of nitrogens with one attached hydrogen (secondary N) is 3. The average Bonchev–Trinajstić information content (AvgIpc) is 2.52.